The Labute approximate surface area is 99.1 Å². The van der Waals surface area contributed by atoms with Crippen molar-refractivity contribution in [2.24, 2.45) is 0 Å². The molecule has 16 heavy (non-hydrogen) atoms. The summed E-state index contributed by atoms with van der Waals surface area (Å²) >= 11 is 5.68. The van der Waals surface area contributed by atoms with Gasteiger partial charge in [0.15, 0.2) is 0 Å². The van der Waals surface area contributed by atoms with Gasteiger partial charge < -0.3 is 4.74 Å². The monoisotopic (exact) mass is 234 g/mol. The van der Waals surface area contributed by atoms with Crippen molar-refractivity contribution in [2.45, 2.75) is 13.3 Å². The van der Waals surface area contributed by atoms with Crippen molar-refractivity contribution in [3.05, 3.63) is 47.4 Å². The van der Waals surface area contributed by atoms with Gasteiger partial charge in [0.2, 0.25) is 11.2 Å². The van der Waals surface area contributed by atoms with E-state index in [0.717, 1.165) is 17.7 Å². The van der Waals surface area contributed by atoms with E-state index < -0.39 is 0 Å². The van der Waals surface area contributed by atoms with Crippen molar-refractivity contribution in [1.29, 1.82) is 0 Å². The zero-order valence-electron chi connectivity index (χ0n) is 8.85. The summed E-state index contributed by atoms with van der Waals surface area (Å²) in [5.74, 6) is 1.26. The first-order valence-corrected chi connectivity index (χ1v) is 5.41. The van der Waals surface area contributed by atoms with Crippen molar-refractivity contribution in [3.63, 3.8) is 0 Å². The van der Waals surface area contributed by atoms with Gasteiger partial charge in [0.1, 0.15) is 5.75 Å². The van der Waals surface area contributed by atoms with Gasteiger partial charge in [-0.05, 0) is 29.7 Å². The van der Waals surface area contributed by atoms with Gasteiger partial charge in [-0.15, -0.1) is 0 Å². The second-order valence-electron chi connectivity index (χ2n) is 3.23. The lowest BCUT2D eigenvalue weighted by Crippen LogP contribution is -1.93. The zero-order chi connectivity index (χ0) is 11.4. The molecule has 3 nitrogen and oxygen atoms in total. The van der Waals surface area contributed by atoms with Gasteiger partial charge in [0.05, 0.1) is 0 Å². The molecule has 1 heterocycles. The molecule has 2 rings (SSSR count). The highest BCUT2D eigenvalue weighted by Gasteiger charge is 2.03. The fourth-order valence-electron chi connectivity index (χ4n) is 1.38. The Morgan fingerprint density at radius 3 is 2.81 bits per heavy atom. The van der Waals surface area contributed by atoms with Crippen LogP contribution in [-0.2, 0) is 6.42 Å². The van der Waals surface area contributed by atoms with E-state index >= 15 is 0 Å². The molecule has 0 aliphatic rings. The molecule has 2 aromatic rings. The summed E-state index contributed by atoms with van der Waals surface area (Å²) in [4.78, 5) is 7.77. The van der Waals surface area contributed by atoms with Crippen molar-refractivity contribution >= 4 is 11.6 Å². The Morgan fingerprint density at radius 1 is 1.25 bits per heavy atom. The summed E-state index contributed by atoms with van der Waals surface area (Å²) in [5.41, 5.74) is 1.14. The lowest BCUT2D eigenvalue weighted by Gasteiger charge is -2.08. The predicted molar refractivity (Wildman–Crippen MR) is 62.9 cm³/mol. The van der Waals surface area contributed by atoms with E-state index in [2.05, 4.69) is 16.9 Å². The van der Waals surface area contributed by atoms with Crippen LogP contribution in [0.3, 0.4) is 0 Å². The largest absolute Gasteiger partial charge is 0.439 e. The average molecular weight is 235 g/mol. The molecule has 4 heteroatoms. The van der Waals surface area contributed by atoms with Gasteiger partial charge in [-0.1, -0.05) is 25.1 Å². The van der Waals surface area contributed by atoms with Crippen molar-refractivity contribution in [2.75, 3.05) is 0 Å². The first-order valence-electron chi connectivity index (χ1n) is 5.04. The molecule has 0 atom stereocenters. The lowest BCUT2D eigenvalue weighted by molar-refractivity contribution is 0.456. The molecule has 0 saturated heterocycles. The number of ether oxygens (including phenoxy) is 1. The summed E-state index contributed by atoms with van der Waals surface area (Å²) in [6.45, 7) is 2.08. The smallest absolute Gasteiger partial charge is 0.225 e. The molecule has 0 aliphatic carbocycles. The van der Waals surface area contributed by atoms with E-state index in [1.165, 1.54) is 0 Å². The van der Waals surface area contributed by atoms with E-state index in [9.17, 15) is 0 Å². The number of rotatable bonds is 3. The quantitative estimate of drug-likeness (QED) is 0.763. The van der Waals surface area contributed by atoms with Gasteiger partial charge in [0, 0.05) is 12.3 Å². The van der Waals surface area contributed by atoms with E-state index in [1.807, 2.05) is 24.3 Å². The zero-order valence-corrected chi connectivity index (χ0v) is 9.61. The number of aryl methyl sites for hydroxylation is 1. The number of benzene rings is 1. The standard InChI is InChI=1S/C12H11ClN2O/c1-2-9-5-3-4-6-10(9)16-11-7-8-14-12(13)15-11/h3-8H,2H2,1H3. The summed E-state index contributed by atoms with van der Waals surface area (Å²) < 4.78 is 5.65. The van der Waals surface area contributed by atoms with Crippen LogP contribution < -0.4 is 4.74 Å². The van der Waals surface area contributed by atoms with Crippen LogP contribution in [0.1, 0.15) is 12.5 Å². The van der Waals surface area contributed by atoms with Crippen LogP contribution in [-0.4, -0.2) is 9.97 Å². The number of halogens is 1. The van der Waals surface area contributed by atoms with Crippen LogP contribution in [0.15, 0.2) is 36.5 Å². The highest BCUT2D eigenvalue weighted by Crippen LogP contribution is 2.24. The van der Waals surface area contributed by atoms with Crippen LogP contribution >= 0.6 is 11.6 Å². The first-order chi connectivity index (χ1) is 7.79. The molecule has 0 unspecified atom stereocenters. The van der Waals surface area contributed by atoms with Gasteiger partial charge in [-0.2, -0.15) is 4.98 Å². The van der Waals surface area contributed by atoms with Gasteiger partial charge in [-0.25, -0.2) is 4.98 Å². The van der Waals surface area contributed by atoms with Crippen LogP contribution in [0, 0.1) is 0 Å². The Hall–Kier alpha value is -1.61. The van der Waals surface area contributed by atoms with Gasteiger partial charge >= 0.3 is 0 Å². The maximum Gasteiger partial charge on any atom is 0.225 e. The molecule has 1 aromatic heterocycles. The molecule has 82 valence electrons. The minimum Gasteiger partial charge on any atom is -0.439 e. The minimum atomic E-state index is 0.187. The van der Waals surface area contributed by atoms with Gasteiger partial charge in [0.25, 0.3) is 0 Å². The molecule has 0 saturated carbocycles. The Morgan fingerprint density at radius 2 is 2.06 bits per heavy atom. The summed E-state index contributed by atoms with van der Waals surface area (Å²) in [5, 5.41) is 0.187. The topological polar surface area (TPSA) is 35.0 Å². The third-order valence-corrected chi connectivity index (χ3v) is 2.35. The molecule has 0 N–H and O–H groups in total. The molecule has 0 spiro atoms. The Bertz CT molecular complexity index is 488. The number of nitrogens with zero attached hydrogens (tertiary/aromatic N) is 2. The second-order valence-corrected chi connectivity index (χ2v) is 3.57. The molecule has 1 aromatic carbocycles. The number of hydrogen-bond acceptors (Lipinski definition) is 3. The second kappa shape index (κ2) is 4.94. The third kappa shape index (κ3) is 2.49. The molecule has 0 bridgehead atoms. The van der Waals surface area contributed by atoms with E-state index in [1.54, 1.807) is 12.3 Å². The highest BCUT2D eigenvalue weighted by molar-refractivity contribution is 6.28. The SMILES string of the molecule is CCc1ccccc1Oc1ccnc(Cl)n1. The van der Waals surface area contributed by atoms with Crippen LogP contribution in [0.25, 0.3) is 0 Å². The highest BCUT2D eigenvalue weighted by atomic mass is 35.5. The van der Waals surface area contributed by atoms with E-state index in [-0.39, 0.29) is 5.28 Å². The van der Waals surface area contributed by atoms with Crippen LogP contribution in [0.5, 0.6) is 11.6 Å². The molecule has 0 amide bonds. The number of aromatic nitrogens is 2. The molecule has 0 aliphatic heterocycles. The number of hydrogen-bond donors (Lipinski definition) is 0. The van der Waals surface area contributed by atoms with Crippen molar-refractivity contribution in [1.82, 2.24) is 9.97 Å². The van der Waals surface area contributed by atoms with Crippen molar-refractivity contribution in [3.8, 4) is 11.6 Å². The maximum atomic E-state index is 5.68. The predicted octanol–water partition coefficient (Wildman–Crippen LogP) is 3.48. The molecular weight excluding hydrogens is 224 g/mol. The number of para-hydroxylation sites is 1. The molecule has 0 radical (unpaired) electrons. The summed E-state index contributed by atoms with van der Waals surface area (Å²) in [7, 11) is 0. The average Bonchev–Trinajstić information content (AvgIpc) is 2.30. The molecular formula is C12H11ClN2O. The van der Waals surface area contributed by atoms with Crippen LogP contribution in [0.4, 0.5) is 0 Å². The van der Waals surface area contributed by atoms with Crippen LogP contribution in [0.2, 0.25) is 5.28 Å². The third-order valence-electron chi connectivity index (χ3n) is 2.17. The Balaban J connectivity index is 2.26. The normalized spacial score (nSPS) is 10.1. The fourth-order valence-corrected chi connectivity index (χ4v) is 1.52. The first kappa shape index (κ1) is 10.9. The minimum absolute atomic E-state index is 0.187. The van der Waals surface area contributed by atoms with Gasteiger partial charge in [-0.3, -0.25) is 0 Å². The summed E-state index contributed by atoms with van der Waals surface area (Å²) in [6.07, 6.45) is 2.48. The fraction of sp³-hybridized carbons (Fsp3) is 0.167. The van der Waals surface area contributed by atoms with Crippen molar-refractivity contribution < 1.29 is 4.74 Å². The Kier molecular flexibility index (Phi) is 3.37. The molecule has 0 fully saturated rings. The van der Waals surface area contributed by atoms with E-state index in [4.69, 9.17) is 16.3 Å². The van der Waals surface area contributed by atoms with E-state index in [0.29, 0.717) is 5.88 Å². The lowest BCUT2D eigenvalue weighted by atomic mass is 10.1. The maximum absolute atomic E-state index is 5.68. The summed E-state index contributed by atoms with van der Waals surface area (Å²) in [6, 6.07) is 9.53.